The molecule has 2 rings (SSSR count). The van der Waals surface area contributed by atoms with Gasteiger partial charge in [-0.1, -0.05) is 12.1 Å². The lowest BCUT2D eigenvalue weighted by atomic mass is 9.86. The Labute approximate surface area is 125 Å². The second kappa shape index (κ2) is 6.74. The molecule has 1 aliphatic carbocycles. The lowest BCUT2D eigenvalue weighted by molar-refractivity contribution is -0.142. The molecule has 1 saturated carbocycles. The standard InChI is InChI=1S/C14H17BrN2O3/c15-11-3-1-2-4-12(11)17-14(20)16-10-7-5-9(6-8-10)13(18)19/h1-4,9-10H,5-8H2,(H,18,19)(H2,16,17,20). The zero-order valence-electron chi connectivity index (χ0n) is 10.9. The maximum atomic E-state index is 11.9. The molecule has 1 fully saturated rings. The fraction of sp³-hybridized carbons (Fsp3) is 0.429. The van der Waals surface area contributed by atoms with Crippen molar-refractivity contribution in [3.8, 4) is 0 Å². The Morgan fingerprint density at radius 3 is 2.40 bits per heavy atom. The molecule has 0 spiro atoms. The third kappa shape index (κ3) is 3.96. The van der Waals surface area contributed by atoms with Gasteiger partial charge in [0, 0.05) is 10.5 Å². The molecule has 0 unspecified atom stereocenters. The number of carbonyl (C=O) groups is 2. The Bertz CT molecular complexity index is 499. The first-order valence-electron chi connectivity index (χ1n) is 6.61. The lowest BCUT2D eigenvalue weighted by Gasteiger charge is -2.26. The molecule has 1 aliphatic rings. The third-order valence-corrected chi connectivity index (χ3v) is 4.23. The van der Waals surface area contributed by atoms with Crippen molar-refractivity contribution in [1.82, 2.24) is 5.32 Å². The number of para-hydroxylation sites is 1. The molecular weight excluding hydrogens is 324 g/mol. The number of benzene rings is 1. The highest BCUT2D eigenvalue weighted by atomic mass is 79.9. The summed E-state index contributed by atoms with van der Waals surface area (Å²) in [6, 6.07) is 7.18. The van der Waals surface area contributed by atoms with Crippen LogP contribution in [-0.2, 0) is 4.79 Å². The van der Waals surface area contributed by atoms with Crippen molar-refractivity contribution in [3.05, 3.63) is 28.7 Å². The average molecular weight is 341 g/mol. The van der Waals surface area contributed by atoms with E-state index in [9.17, 15) is 9.59 Å². The summed E-state index contributed by atoms with van der Waals surface area (Å²) in [4.78, 5) is 22.7. The number of anilines is 1. The van der Waals surface area contributed by atoms with Crippen LogP contribution in [0.4, 0.5) is 10.5 Å². The summed E-state index contributed by atoms with van der Waals surface area (Å²) in [5.41, 5.74) is 0.712. The van der Waals surface area contributed by atoms with E-state index in [4.69, 9.17) is 5.11 Å². The van der Waals surface area contributed by atoms with E-state index in [-0.39, 0.29) is 18.0 Å². The molecule has 0 saturated heterocycles. The van der Waals surface area contributed by atoms with Gasteiger partial charge in [-0.25, -0.2) is 4.79 Å². The molecule has 0 atom stereocenters. The number of aliphatic carboxylic acids is 1. The minimum atomic E-state index is -0.735. The highest BCUT2D eigenvalue weighted by Crippen LogP contribution is 2.25. The summed E-state index contributed by atoms with van der Waals surface area (Å²) in [5.74, 6) is -1.000. The van der Waals surface area contributed by atoms with Gasteiger partial charge in [0.05, 0.1) is 11.6 Å². The van der Waals surface area contributed by atoms with E-state index >= 15 is 0 Å². The van der Waals surface area contributed by atoms with Crippen LogP contribution in [0.5, 0.6) is 0 Å². The summed E-state index contributed by atoms with van der Waals surface area (Å²) >= 11 is 3.37. The molecule has 3 N–H and O–H groups in total. The van der Waals surface area contributed by atoms with Crippen LogP contribution in [0.1, 0.15) is 25.7 Å². The van der Waals surface area contributed by atoms with Crippen LogP contribution in [0.2, 0.25) is 0 Å². The van der Waals surface area contributed by atoms with Crippen molar-refractivity contribution in [2.75, 3.05) is 5.32 Å². The van der Waals surface area contributed by atoms with E-state index in [1.54, 1.807) is 0 Å². The van der Waals surface area contributed by atoms with E-state index in [0.717, 1.165) is 4.47 Å². The monoisotopic (exact) mass is 340 g/mol. The number of carboxylic acid groups (broad SMARTS) is 1. The molecule has 5 nitrogen and oxygen atoms in total. The molecule has 0 radical (unpaired) electrons. The van der Waals surface area contributed by atoms with Crippen LogP contribution in [0.15, 0.2) is 28.7 Å². The molecule has 1 aromatic rings. The van der Waals surface area contributed by atoms with Gasteiger partial charge in [0.2, 0.25) is 0 Å². The number of nitrogens with one attached hydrogen (secondary N) is 2. The van der Waals surface area contributed by atoms with Gasteiger partial charge in [0.15, 0.2) is 0 Å². The molecule has 2 amide bonds. The van der Waals surface area contributed by atoms with Crippen molar-refractivity contribution >= 4 is 33.6 Å². The number of carboxylic acids is 1. The maximum Gasteiger partial charge on any atom is 0.319 e. The van der Waals surface area contributed by atoms with E-state index in [1.165, 1.54) is 0 Å². The fourth-order valence-electron chi connectivity index (χ4n) is 2.39. The smallest absolute Gasteiger partial charge is 0.319 e. The molecule has 20 heavy (non-hydrogen) atoms. The van der Waals surface area contributed by atoms with Crippen LogP contribution in [0.3, 0.4) is 0 Å². The van der Waals surface area contributed by atoms with Gasteiger partial charge in [-0.2, -0.15) is 0 Å². The van der Waals surface area contributed by atoms with Crippen LogP contribution in [0, 0.1) is 5.92 Å². The second-order valence-electron chi connectivity index (χ2n) is 4.97. The van der Waals surface area contributed by atoms with Gasteiger partial charge in [0.25, 0.3) is 0 Å². The van der Waals surface area contributed by atoms with Crippen LogP contribution in [0.25, 0.3) is 0 Å². The highest BCUT2D eigenvalue weighted by Gasteiger charge is 2.26. The third-order valence-electron chi connectivity index (χ3n) is 3.53. The molecule has 108 valence electrons. The SMILES string of the molecule is O=C(Nc1ccccc1Br)NC1CCC(C(=O)O)CC1. The van der Waals surface area contributed by atoms with Crippen molar-refractivity contribution < 1.29 is 14.7 Å². The Kier molecular flexibility index (Phi) is 5.00. The van der Waals surface area contributed by atoms with Crippen molar-refractivity contribution in [1.29, 1.82) is 0 Å². The molecule has 1 aromatic carbocycles. The Morgan fingerprint density at radius 2 is 1.80 bits per heavy atom. The van der Waals surface area contributed by atoms with Gasteiger partial charge in [-0.05, 0) is 53.7 Å². The first-order valence-corrected chi connectivity index (χ1v) is 7.40. The minimum Gasteiger partial charge on any atom is -0.481 e. The van der Waals surface area contributed by atoms with E-state index in [1.807, 2.05) is 24.3 Å². The normalized spacial score (nSPS) is 22.1. The molecule has 6 heteroatoms. The van der Waals surface area contributed by atoms with Crippen molar-refractivity contribution in [3.63, 3.8) is 0 Å². The van der Waals surface area contributed by atoms with Gasteiger partial charge >= 0.3 is 12.0 Å². The second-order valence-corrected chi connectivity index (χ2v) is 5.82. The summed E-state index contributed by atoms with van der Waals surface area (Å²) in [5, 5.41) is 14.6. The van der Waals surface area contributed by atoms with Crippen LogP contribution in [-0.4, -0.2) is 23.1 Å². The summed E-state index contributed by atoms with van der Waals surface area (Å²) in [6.07, 6.45) is 2.66. The average Bonchev–Trinajstić information content (AvgIpc) is 2.42. The topological polar surface area (TPSA) is 78.4 Å². The molecular formula is C14H17BrN2O3. The van der Waals surface area contributed by atoms with Crippen molar-refractivity contribution in [2.24, 2.45) is 5.92 Å². The Hall–Kier alpha value is -1.56. The Balaban J connectivity index is 1.81. The number of amides is 2. The van der Waals surface area contributed by atoms with E-state index < -0.39 is 5.97 Å². The summed E-state index contributed by atoms with van der Waals surface area (Å²) < 4.78 is 0.824. The minimum absolute atomic E-state index is 0.0492. The first-order chi connectivity index (χ1) is 9.56. The fourth-order valence-corrected chi connectivity index (χ4v) is 2.77. The number of urea groups is 1. The van der Waals surface area contributed by atoms with Crippen LogP contribution >= 0.6 is 15.9 Å². The number of rotatable bonds is 3. The van der Waals surface area contributed by atoms with Gasteiger partial charge in [-0.15, -0.1) is 0 Å². The van der Waals surface area contributed by atoms with Gasteiger partial charge in [-0.3, -0.25) is 4.79 Å². The lowest BCUT2D eigenvalue weighted by Crippen LogP contribution is -2.41. The number of hydrogen-bond donors (Lipinski definition) is 3. The molecule has 0 aliphatic heterocycles. The molecule has 0 heterocycles. The highest BCUT2D eigenvalue weighted by molar-refractivity contribution is 9.10. The van der Waals surface area contributed by atoms with Gasteiger partial charge in [0.1, 0.15) is 0 Å². The summed E-state index contributed by atoms with van der Waals surface area (Å²) in [6.45, 7) is 0. The van der Waals surface area contributed by atoms with E-state index in [0.29, 0.717) is 31.4 Å². The quantitative estimate of drug-likeness (QED) is 0.790. The predicted molar refractivity (Wildman–Crippen MR) is 79.7 cm³/mol. The largest absolute Gasteiger partial charge is 0.481 e. The molecule has 0 bridgehead atoms. The predicted octanol–water partition coefficient (Wildman–Crippen LogP) is 3.21. The van der Waals surface area contributed by atoms with Gasteiger partial charge < -0.3 is 15.7 Å². The van der Waals surface area contributed by atoms with Crippen molar-refractivity contribution in [2.45, 2.75) is 31.7 Å². The Morgan fingerprint density at radius 1 is 1.15 bits per heavy atom. The van der Waals surface area contributed by atoms with Crippen LogP contribution < -0.4 is 10.6 Å². The zero-order valence-corrected chi connectivity index (χ0v) is 12.5. The number of carbonyl (C=O) groups excluding carboxylic acids is 1. The first kappa shape index (κ1) is 14.8. The zero-order chi connectivity index (χ0) is 14.5. The number of hydrogen-bond acceptors (Lipinski definition) is 2. The maximum absolute atomic E-state index is 11.9. The number of halogens is 1. The summed E-state index contributed by atoms with van der Waals surface area (Å²) in [7, 11) is 0. The van der Waals surface area contributed by atoms with E-state index in [2.05, 4.69) is 26.6 Å². The molecule has 0 aromatic heterocycles.